The largest absolute Gasteiger partial charge is 0.433 e. The normalized spacial score (nSPS) is 11.4. The average molecular weight is 363 g/mol. The standard InChI is InChI=1S/C19H23F2N3O2/c1-19(2,3)6-7-23-10-12-8-14(20)17(15(21)9-12)26-16-5-4-13(11-24-16)18(22)25/h4-5,8-9,11,23H,6-7,10H2,1-3H3,(H2,22,25). The van der Waals surface area contributed by atoms with Crippen LogP contribution in [0.5, 0.6) is 11.6 Å². The molecule has 1 aromatic heterocycles. The highest BCUT2D eigenvalue weighted by atomic mass is 19.1. The number of benzene rings is 1. The third kappa shape index (κ3) is 5.77. The van der Waals surface area contributed by atoms with Gasteiger partial charge in [0.15, 0.2) is 11.6 Å². The number of primary amides is 1. The lowest BCUT2D eigenvalue weighted by atomic mass is 9.92. The van der Waals surface area contributed by atoms with E-state index in [1.807, 2.05) is 0 Å². The van der Waals surface area contributed by atoms with Gasteiger partial charge in [-0.05, 0) is 42.1 Å². The molecule has 3 N–H and O–H groups in total. The molecule has 0 atom stereocenters. The van der Waals surface area contributed by atoms with Crippen LogP contribution in [-0.4, -0.2) is 17.4 Å². The van der Waals surface area contributed by atoms with Gasteiger partial charge in [-0.15, -0.1) is 0 Å². The van der Waals surface area contributed by atoms with Gasteiger partial charge in [0.2, 0.25) is 17.5 Å². The second-order valence-electron chi connectivity index (χ2n) is 7.23. The highest BCUT2D eigenvalue weighted by molar-refractivity contribution is 5.92. The number of ether oxygens (including phenoxy) is 1. The SMILES string of the molecule is CC(C)(C)CCNCc1cc(F)c(Oc2ccc(C(N)=O)cn2)c(F)c1. The molecule has 0 unspecified atom stereocenters. The molecule has 0 spiro atoms. The number of carbonyl (C=O) groups is 1. The van der Waals surface area contributed by atoms with Crippen molar-refractivity contribution in [1.82, 2.24) is 10.3 Å². The van der Waals surface area contributed by atoms with E-state index in [2.05, 4.69) is 31.1 Å². The molecule has 26 heavy (non-hydrogen) atoms. The number of nitrogens with zero attached hydrogens (tertiary/aromatic N) is 1. The molecule has 0 aliphatic carbocycles. The summed E-state index contributed by atoms with van der Waals surface area (Å²) in [6.45, 7) is 7.50. The van der Waals surface area contributed by atoms with Gasteiger partial charge in [-0.1, -0.05) is 20.8 Å². The maximum absolute atomic E-state index is 14.2. The lowest BCUT2D eigenvalue weighted by Crippen LogP contribution is -2.20. The van der Waals surface area contributed by atoms with Crippen LogP contribution in [0.3, 0.4) is 0 Å². The van der Waals surface area contributed by atoms with Crippen molar-refractivity contribution in [2.45, 2.75) is 33.7 Å². The first kappa shape index (κ1) is 19.8. The van der Waals surface area contributed by atoms with Crippen molar-refractivity contribution in [2.75, 3.05) is 6.54 Å². The van der Waals surface area contributed by atoms with E-state index in [1.165, 1.54) is 30.5 Å². The molecular formula is C19H23F2N3O2. The van der Waals surface area contributed by atoms with Gasteiger partial charge in [0.05, 0.1) is 5.56 Å². The Hall–Kier alpha value is -2.54. The van der Waals surface area contributed by atoms with Crippen LogP contribution in [0, 0.1) is 17.0 Å². The van der Waals surface area contributed by atoms with Crippen LogP contribution >= 0.6 is 0 Å². The molecule has 0 aliphatic rings. The minimum absolute atomic E-state index is 0.0381. The van der Waals surface area contributed by atoms with E-state index >= 15 is 0 Å². The Morgan fingerprint density at radius 2 is 1.88 bits per heavy atom. The number of halogens is 2. The zero-order chi connectivity index (χ0) is 19.3. The first-order valence-corrected chi connectivity index (χ1v) is 8.28. The van der Waals surface area contributed by atoms with Crippen LogP contribution in [0.25, 0.3) is 0 Å². The molecule has 0 radical (unpaired) electrons. The Kier molecular flexibility index (Phi) is 6.26. The molecule has 1 amide bonds. The summed E-state index contributed by atoms with van der Waals surface area (Å²) in [6, 6.07) is 5.13. The number of nitrogens with two attached hydrogens (primary N) is 1. The van der Waals surface area contributed by atoms with E-state index in [-0.39, 0.29) is 16.9 Å². The van der Waals surface area contributed by atoms with Crippen molar-refractivity contribution in [3.8, 4) is 11.6 Å². The molecule has 1 aromatic carbocycles. The first-order valence-electron chi connectivity index (χ1n) is 8.28. The van der Waals surface area contributed by atoms with Gasteiger partial charge in [-0.2, -0.15) is 0 Å². The Morgan fingerprint density at radius 3 is 2.38 bits per heavy atom. The number of pyridine rings is 1. The number of carbonyl (C=O) groups excluding carboxylic acids is 1. The van der Waals surface area contributed by atoms with Gasteiger partial charge < -0.3 is 15.8 Å². The predicted molar refractivity (Wildman–Crippen MR) is 95.0 cm³/mol. The van der Waals surface area contributed by atoms with Crippen molar-refractivity contribution < 1.29 is 18.3 Å². The molecule has 0 aliphatic heterocycles. The summed E-state index contributed by atoms with van der Waals surface area (Å²) in [5.41, 5.74) is 5.96. The minimum Gasteiger partial charge on any atom is -0.433 e. The average Bonchev–Trinajstić information content (AvgIpc) is 2.54. The molecular weight excluding hydrogens is 340 g/mol. The van der Waals surface area contributed by atoms with Crippen molar-refractivity contribution in [3.05, 3.63) is 53.2 Å². The maximum atomic E-state index is 14.2. The van der Waals surface area contributed by atoms with Gasteiger partial charge in [0, 0.05) is 18.8 Å². The number of hydrogen-bond donors (Lipinski definition) is 2. The van der Waals surface area contributed by atoms with Gasteiger partial charge in [0.25, 0.3) is 0 Å². The van der Waals surface area contributed by atoms with Gasteiger partial charge >= 0.3 is 0 Å². The van der Waals surface area contributed by atoms with Crippen molar-refractivity contribution >= 4 is 5.91 Å². The lowest BCUT2D eigenvalue weighted by Gasteiger charge is -2.18. The minimum atomic E-state index is -0.821. The number of nitrogens with one attached hydrogen (secondary N) is 1. The molecule has 1 heterocycles. The topological polar surface area (TPSA) is 77.2 Å². The fraction of sp³-hybridized carbons (Fsp3) is 0.368. The van der Waals surface area contributed by atoms with Crippen molar-refractivity contribution in [3.63, 3.8) is 0 Å². The van der Waals surface area contributed by atoms with Crippen molar-refractivity contribution in [2.24, 2.45) is 11.1 Å². The van der Waals surface area contributed by atoms with E-state index < -0.39 is 23.3 Å². The monoisotopic (exact) mass is 363 g/mol. The Bertz CT molecular complexity index is 748. The van der Waals surface area contributed by atoms with E-state index in [0.29, 0.717) is 12.1 Å². The smallest absolute Gasteiger partial charge is 0.250 e. The molecule has 7 heteroatoms. The van der Waals surface area contributed by atoms with Crippen LogP contribution in [-0.2, 0) is 6.54 Å². The summed E-state index contributed by atoms with van der Waals surface area (Å²) >= 11 is 0. The fourth-order valence-electron chi connectivity index (χ4n) is 2.20. The predicted octanol–water partition coefficient (Wildman–Crippen LogP) is 3.78. The third-order valence-electron chi connectivity index (χ3n) is 3.67. The summed E-state index contributed by atoms with van der Waals surface area (Å²) in [5, 5.41) is 3.17. The zero-order valence-electron chi connectivity index (χ0n) is 15.1. The van der Waals surface area contributed by atoms with Crippen LogP contribution in [0.15, 0.2) is 30.5 Å². The van der Waals surface area contributed by atoms with Crippen LogP contribution in [0.4, 0.5) is 8.78 Å². The van der Waals surface area contributed by atoms with Crippen LogP contribution in [0.2, 0.25) is 0 Å². The van der Waals surface area contributed by atoms with Gasteiger partial charge in [-0.3, -0.25) is 4.79 Å². The summed E-state index contributed by atoms with van der Waals surface area (Å²) < 4.78 is 33.6. The molecule has 5 nitrogen and oxygen atoms in total. The quantitative estimate of drug-likeness (QED) is 0.734. The molecule has 0 bridgehead atoms. The molecule has 140 valence electrons. The maximum Gasteiger partial charge on any atom is 0.250 e. The highest BCUT2D eigenvalue weighted by Gasteiger charge is 2.15. The van der Waals surface area contributed by atoms with Gasteiger partial charge in [-0.25, -0.2) is 13.8 Å². The lowest BCUT2D eigenvalue weighted by molar-refractivity contribution is 0.1000. The van der Waals surface area contributed by atoms with Crippen LogP contribution in [0.1, 0.15) is 43.1 Å². The number of amides is 1. The summed E-state index contributed by atoms with van der Waals surface area (Å²) in [6.07, 6.45) is 2.13. The Morgan fingerprint density at radius 1 is 1.23 bits per heavy atom. The number of aromatic nitrogens is 1. The first-order chi connectivity index (χ1) is 12.2. The Labute approximate surface area is 151 Å². The third-order valence-corrected chi connectivity index (χ3v) is 3.67. The van der Waals surface area contributed by atoms with E-state index in [9.17, 15) is 13.6 Å². The summed E-state index contributed by atoms with van der Waals surface area (Å²) in [4.78, 5) is 14.8. The second kappa shape index (κ2) is 8.23. The van der Waals surface area contributed by atoms with Crippen LogP contribution < -0.4 is 15.8 Å². The molecule has 2 aromatic rings. The summed E-state index contributed by atoms with van der Waals surface area (Å²) in [7, 11) is 0. The molecule has 0 saturated carbocycles. The Balaban J connectivity index is 2.03. The highest BCUT2D eigenvalue weighted by Crippen LogP contribution is 2.28. The molecule has 0 saturated heterocycles. The molecule has 2 rings (SSSR count). The van der Waals surface area contributed by atoms with Gasteiger partial charge in [0.1, 0.15) is 0 Å². The number of rotatable bonds is 7. The van der Waals surface area contributed by atoms with E-state index in [4.69, 9.17) is 10.5 Å². The van der Waals surface area contributed by atoms with Crippen molar-refractivity contribution in [1.29, 1.82) is 0 Å². The fourth-order valence-corrected chi connectivity index (χ4v) is 2.20. The second-order valence-corrected chi connectivity index (χ2v) is 7.23. The summed E-state index contributed by atoms with van der Waals surface area (Å²) in [5.74, 6) is -2.87. The number of hydrogen-bond acceptors (Lipinski definition) is 4. The molecule has 0 fully saturated rings. The van der Waals surface area contributed by atoms with E-state index in [1.54, 1.807) is 0 Å². The zero-order valence-corrected chi connectivity index (χ0v) is 15.1. The van der Waals surface area contributed by atoms with E-state index in [0.717, 1.165) is 13.0 Å².